The summed E-state index contributed by atoms with van der Waals surface area (Å²) < 4.78 is 3.90. The van der Waals surface area contributed by atoms with Gasteiger partial charge >= 0.3 is 0 Å². The lowest BCUT2D eigenvalue weighted by Crippen LogP contribution is -2.47. The Morgan fingerprint density at radius 2 is 1.90 bits per heavy atom. The zero-order valence-corrected chi connectivity index (χ0v) is 19.1. The van der Waals surface area contributed by atoms with Crippen LogP contribution in [0.1, 0.15) is 46.1 Å². The largest absolute Gasteiger partial charge is 0.350 e. The first kappa shape index (κ1) is 22.1. The Hall–Kier alpha value is -2.61. The molecule has 8 heteroatoms. The summed E-state index contributed by atoms with van der Waals surface area (Å²) >= 11 is 1.39. The molecule has 7 nitrogen and oxygen atoms in total. The summed E-state index contributed by atoms with van der Waals surface area (Å²) in [6, 6.07) is 8.34. The third-order valence-electron chi connectivity index (χ3n) is 5.02. The molecule has 1 aromatic carbocycles. The van der Waals surface area contributed by atoms with Gasteiger partial charge < -0.3 is 9.88 Å². The maximum atomic E-state index is 12.7. The van der Waals surface area contributed by atoms with E-state index in [1.165, 1.54) is 17.3 Å². The number of hydrogen-bond donors (Lipinski definition) is 1. The van der Waals surface area contributed by atoms with Gasteiger partial charge in [0.2, 0.25) is 5.91 Å². The molecule has 3 aromatic rings. The van der Waals surface area contributed by atoms with Gasteiger partial charge in [-0.2, -0.15) is 0 Å². The van der Waals surface area contributed by atoms with Gasteiger partial charge in [-0.05, 0) is 29.0 Å². The van der Waals surface area contributed by atoms with Crippen molar-refractivity contribution in [3.63, 3.8) is 0 Å². The molecule has 0 saturated carbocycles. The van der Waals surface area contributed by atoms with E-state index < -0.39 is 0 Å². The number of imidazole rings is 1. The average molecular weight is 427 g/mol. The smallest absolute Gasteiger partial charge is 0.230 e. The second-order valence-electron chi connectivity index (χ2n) is 8.76. The highest BCUT2D eigenvalue weighted by atomic mass is 32.2. The van der Waals surface area contributed by atoms with Gasteiger partial charge in [0.25, 0.3) is 0 Å². The standard InChI is InChI=1S/C22H30N6OS/c1-16(2)17-6-8-18(9-7-17)28-15-24-26-21(28)30-13-20(29)25-19(22(3,4)5)12-27-11-10-23-14-27/h6-11,14-16,19H,12-13H2,1-5H3,(H,25,29)/t19-/m0/s1. The number of thioether (sulfide) groups is 1. The number of carbonyl (C=O) groups excluding carboxylic acids is 1. The number of rotatable bonds is 8. The van der Waals surface area contributed by atoms with Crippen molar-refractivity contribution in [2.75, 3.05) is 5.75 Å². The fraction of sp³-hybridized carbons (Fsp3) is 0.455. The van der Waals surface area contributed by atoms with E-state index in [2.05, 4.69) is 79.4 Å². The van der Waals surface area contributed by atoms with Crippen LogP contribution >= 0.6 is 11.8 Å². The average Bonchev–Trinajstić information content (AvgIpc) is 3.37. The lowest BCUT2D eigenvalue weighted by Gasteiger charge is -2.31. The maximum absolute atomic E-state index is 12.7. The van der Waals surface area contributed by atoms with Crippen LogP contribution in [-0.4, -0.2) is 42.0 Å². The van der Waals surface area contributed by atoms with Gasteiger partial charge in [0, 0.05) is 24.6 Å². The molecule has 0 aliphatic rings. The van der Waals surface area contributed by atoms with Crippen LogP contribution in [-0.2, 0) is 11.3 Å². The predicted octanol–water partition coefficient (Wildman–Crippen LogP) is 3.91. The Morgan fingerprint density at radius 3 is 2.50 bits per heavy atom. The number of amides is 1. The van der Waals surface area contributed by atoms with Crippen LogP contribution in [0, 0.1) is 5.41 Å². The lowest BCUT2D eigenvalue weighted by atomic mass is 9.86. The van der Waals surface area contributed by atoms with E-state index in [-0.39, 0.29) is 23.1 Å². The summed E-state index contributed by atoms with van der Waals surface area (Å²) in [5.74, 6) is 0.736. The van der Waals surface area contributed by atoms with Crippen LogP contribution < -0.4 is 5.32 Å². The predicted molar refractivity (Wildman–Crippen MR) is 120 cm³/mol. The Kier molecular flexibility index (Phi) is 6.97. The quantitative estimate of drug-likeness (QED) is 0.553. The Morgan fingerprint density at radius 1 is 1.17 bits per heavy atom. The maximum Gasteiger partial charge on any atom is 0.230 e. The summed E-state index contributed by atoms with van der Waals surface area (Å²) in [4.78, 5) is 16.8. The van der Waals surface area contributed by atoms with E-state index in [1.54, 1.807) is 18.9 Å². The first-order valence-corrected chi connectivity index (χ1v) is 11.1. The van der Waals surface area contributed by atoms with Crippen molar-refractivity contribution in [2.45, 2.75) is 58.3 Å². The molecule has 30 heavy (non-hydrogen) atoms. The third-order valence-corrected chi connectivity index (χ3v) is 5.96. The molecule has 0 aliphatic carbocycles. The highest BCUT2D eigenvalue weighted by Gasteiger charge is 2.26. The first-order valence-electron chi connectivity index (χ1n) is 10.1. The van der Waals surface area contributed by atoms with E-state index in [0.717, 1.165) is 5.69 Å². The molecule has 0 saturated heterocycles. The van der Waals surface area contributed by atoms with Gasteiger partial charge in [0.15, 0.2) is 5.16 Å². The van der Waals surface area contributed by atoms with E-state index in [0.29, 0.717) is 17.6 Å². The summed E-state index contributed by atoms with van der Waals surface area (Å²) in [7, 11) is 0. The summed E-state index contributed by atoms with van der Waals surface area (Å²) in [6.07, 6.45) is 7.11. The number of hydrogen-bond acceptors (Lipinski definition) is 5. The molecule has 2 heterocycles. The minimum absolute atomic E-state index is 0.0127. The van der Waals surface area contributed by atoms with E-state index in [1.807, 2.05) is 15.3 Å². The zero-order chi connectivity index (χ0) is 21.7. The van der Waals surface area contributed by atoms with Crippen LogP contribution in [0.5, 0.6) is 0 Å². The van der Waals surface area contributed by atoms with Crippen LogP contribution in [0.3, 0.4) is 0 Å². The fourth-order valence-corrected chi connectivity index (χ4v) is 3.77. The van der Waals surface area contributed by atoms with E-state index in [4.69, 9.17) is 0 Å². The first-order chi connectivity index (χ1) is 14.2. The van der Waals surface area contributed by atoms with Gasteiger partial charge in [-0.25, -0.2) is 4.98 Å². The molecular formula is C22H30N6OS. The minimum Gasteiger partial charge on any atom is -0.350 e. The second kappa shape index (κ2) is 9.47. The molecule has 3 rings (SSSR count). The molecule has 1 N–H and O–H groups in total. The van der Waals surface area contributed by atoms with Crippen LogP contribution in [0.2, 0.25) is 0 Å². The van der Waals surface area contributed by atoms with Crippen LogP contribution in [0.15, 0.2) is 54.5 Å². The van der Waals surface area contributed by atoms with Gasteiger partial charge in [0.05, 0.1) is 18.1 Å². The number of benzene rings is 1. The van der Waals surface area contributed by atoms with Crippen LogP contribution in [0.4, 0.5) is 0 Å². The topological polar surface area (TPSA) is 77.6 Å². The van der Waals surface area contributed by atoms with E-state index in [9.17, 15) is 4.79 Å². The van der Waals surface area contributed by atoms with Crippen molar-refractivity contribution in [1.82, 2.24) is 29.6 Å². The summed E-state index contributed by atoms with van der Waals surface area (Å²) in [6.45, 7) is 11.4. The summed E-state index contributed by atoms with van der Waals surface area (Å²) in [5.41, 5.74) is 2.19. The SMILES string of the molecule is CC(C)c1ccc(-n2cnnc2SCC(=O)N[C@@H](Cn2ccnc2)C(C)(C)C)cc1. The molecule has 0 unspecified atom stereocenters. The molecule has 0 spiro atoms. The number of nitrogens with zero attached hydrogens (tertiary/aromatic N) is 5. The third kappa shape index (κ3) is 5.72. The highest BCUT2D eigenvalue weighted by Crippen LogP contribution is 2.23. The lowest BCUT2D eigenvalue weighted by molar-refractivity contribution is -0.120. The molecule has 1 amide bonds. The Bertz CT molecular complexity index is 941. The summed E-state index contributed by atoms with van der Waals surface area (Å²) in [5, 5.41) is 12.1. The Labute approximate surface area is 182 Å². The fourth-order valence-electron chi connectivity index (χ4n) is 3.03. The molecule has 1 atom stereocenters. The highest BCUT2D eigenvalue weighted by molar-refractivity contribution is 7.99. The van der Waals surface area contributed by atoms with Crippen molar-refractivity contribution < 1.29 is 4.79 Å². The molecule has 0 aliphatic heterocycles. The Balaban J connectivity index is 1.62. The van der Waals surface area contributed by atoms with Gasteiger partial charge in [-0.1, -0.05) is 58.5 Å². The zero-order valence-electron chi connectivity index (χ0n) is 18.2. The monoisotopic (exact) mass is 426 g/mol. The number of nitrogens with one attached hydrogen (secondary N) is 1. The molecule has 160 valence electrons. The second-order valence-corrected chi connectivity index (χ2v) is 9.71. The molecular weight excluding hydrogens is 396 g/mol. The number of carbonyl (C=O) groups is 1. The molecule has 0 fully saturated rings. The molecule has 0 radical (unpaired) electrons. The number of aromatic nitrogens is 5. The van der Waals surface area contributed by atoms with Crippen LogP contribution in [0.25, 0.3) is 5.69 Å². The van der Waals surface area contributed by atoms with Crippen molar-refractivity contribution >= 4 is 17.7 Å². The van der Waals surface area contributed by atoms with Crippen molar-refractivity contribution in [1.29, 1.82) is 0 Å². The van der Waals surface area contributed by atoms with E-state index >= 15 is 0 Å². The minimum atomic E-state index is -0.0806. The van der Waals surface area contributed by atoms with Crippen molar-refractivity contribution in [2.24, 2.45) is 5.41 Å². The molecule has 2 aromatic heterocycles. The molecule has 0 bridgehead atoms. The normalized spacial score (nSPS) is 12.9. The van der Waals surface area contributed by atoms with Crippen molar-refractivity contribution in [3.8, 4) is 5.69 Å². The van der Waals surface area contributed by atoms with Gasteiger partial charge in [-0.3, -0.25) is 9.36 Å². The van der Waals surface area contributed by atoms with Gasteiger partial charge in [-0.15, -0.1) is 10.2 Å². The van der Waals surface area contributed by atoms with Crippen molar-refractivity contribution in [3.05, 3.63) is 54.9 Å². The van der Waals surface area contributed by atoms with Gasteiger partial charge in [0.1, 0.15) is 6.33 Å².